The molecule has 0 unspecified atom stereocenters. The molecule has 0 radical (unpaired) electrons. The van der Waals surface area contributed by atoms with Crippen molar-refractivity contribution >= 4 is 28.1 Å². The molecular formula is C16H18F3N3O2S. The van der Waals surface area contributed by atoms with Crippen molar-refractivity contribution in [2.45, 2.75) is 19.0 Å². The third-order valence-electron chi connectivity index (χ3n) is 3.46. The standard InChI is InChI=1S/C16H18F3N3O2S/c1-10(14(23)20-7-8-24-2)11-3-5-12(6-4-11)21-15-22-13(9-25-15)16(17,18)19/h3-6,9-10H,7-8H2,1-2H3,(H,20,23)(H,21,22)/t10-/m0/s1. The molecular weight excluding hydrogens is 355 g/mol. The molecule has 1 aromatic heterocycles. The molecule has 1 amide bonds. The summed E-state index contributed by atoms with van der Waals surface area (Å²) in [4.78, 5) is 15.5. The first-order valence-electron chi connectivity index (χ1n) is 7.47. The number of hydrogen-bond donors (Lipinski definition) is 2. The molecule has 0 saturated heterocycles. The molecule has 0 bridgehead atoms. The quantitative estimate of drug-likeness (QED) is 0.725. The van der Waals surface area contributed by atoms with Gasteiger partial charge in [-0.1, -0.05) is 12.1 Å². The van der Waals surface area contributed by atoms with Crippen molar-refractivity contribution in [1.82, 2.24) is 10.3 Å². The molecule has 0 aliphatic heterocycles. The number of hydrogen-bond acceptors (Lipinski definition) is 5. The zero-order chi connectivity index (χ0) is 18.4. The molecule has 0 aliphatic rings. The summed E-state index contributed by atoms with van der Waals surface area (Å²) >= 11 is 0.880. The van der Waals surface area contributed by atoms with Gasteiger partial charge in [0.05, 0.1) is 12.5 Å². The summed E-state index contributed by atoms with van der Waals surface area (Å²) in [5, 5.41) is 6.70. The Bertz CT molecular complexity index is 701. The summed E-state index contributed by atoms with van der Waals surface area (Å²) in [6.07, 6.45) is -4.45. The van der Waals surface area contributed by atoms with Gasteiger partial charge in [0.15, 0.2) is 10.8 Å². The number of methoxy groups -OCH3 is 1. The third kappa shape index (κ3) is 5.43. The van der Waals surface area contributed by atoms with Crippen LogP contribution in [0.4, 0.5) is 24.0 Å². The molecule has 2 rings (SSSR count). The van der Waals surface area contributed by atoms with Gasteiger partial charge < -0.3 is 15.4 Å². The van der Waals surface area contributed by atoms with Crippen molar-refractivity contribution in [3.05, 3.63) is 40.9 Å². The number of anilines is 2. The second kappa shape index (κ2) is 8.30. The van der Waals surface area contributed by atoms with Gasteiger partial charge in [-0.15, -0.1) is 11.3 Å². The maximum Gasteiger partial charge on any atom is 0.434 e. The number of nitrogens with zero attached hydrogens (tertiary/aromatic N) is 1. The first-order valence-corrected chi connectivity index (χ1v) is 8.35. The molecule has 5 nitrogen and oxygen atoms in total. The zero-order valence-corrected chi connectivity index (χ0v) is 14.5. The minimum Gasteiger partial charge on any atom is -0.383 e. The molecule has 136 valence electrons. The minimum atomic E-state index is -4.45. The van der Waals surface area contributed by atoms with Crippen molar-refractivity contribution in [2.75, 3.05) is 25.6 Å². The van der Waals surface area contributed by atoms with Crippen LogP contribution < -0.4 is 10.6 Å². The topological polar surface area (TPSA) is 63.2 Å². The average molecular weight is 373 g/mol. The lowest BCUT2D eigenvalue weighted by Gasteiger charge is -2.13. The SMILES string of the molecule is COCCNC(=O)[C@@H](C)c1ccc(Nc2nc(C(F)(F)F)cs2)cc1. The number of amides is 1. The largest absolute Gasteiger partial charge is 0.434 e. The number of aromatic nitrogens is 1. The summed E-state index contributed by atoms with van der Waals surface area (Å²) in [5.41, 5.74) is 0.479. The third-order valence-corrected chi connectivity index (χ3v) is 4.21. The van der Waals surface area contributed by atoms with Crippen LogP contribution in [0.25, 0.3) is 0 Å². The van der Waals surface area contributed by atoms with Crippen molar-refractivity contribution in [2.24, 2.45) is 0 Å². The van der Waals surface area contributed by atoms with Gasteiger partial charge in [0, 0.05) is 24.7 Å². The Labute approximate surface area is 147 Å². The highest BCUT2D eigenvalue weighted by molar-refractivity contribution is 7.13. The van der Waals surface area contributed by atoms with Crippen LogP contribution in [0, 0.1) is 0 Å². The lowest BCUT2D eigenvalue weighted by molar-refractivity contribution is -0.140. The van der Waals surface area contributed by atoms with Crippen molar-refractivity contribution < 1.29 is 22.7 Å². The molecule has 1 aromatic carbocycles. The van der Waals surface area contributed by atoms with E-state index in [0.29, 0.717) is 18.8 Å². The number of alkyl halides is 3. The Morgan fingerprint density at radius 3 is 2.56 bits per heavy atom. The van der Waals surface area contributed by atoms with E-state index in [2.05, 4.69) is 15.6 Å². The van der Waals surface area contributed by atoms with E-state index in [-0.39, 0.29) is 17.0 Å². The van der Waals surface area contributed by atoms with E-state index >= 15 is 0 Å². The lowest BCUT2D eigenvalue weighted by Crippen LogP contribution is -2.30. The van der Waals surface area contributed by atoms with Gasteiger partial charge in [-0.3, -0.25) is 4.79 Å². The first kappa shape index (κ1) is 19.2. The molecule has 1 heterocycles. The number of rotatable bonds is 7. The molecule has 0 fully saturated rings. The molecule has 1 atom stereocenters. The van der Waals surface area contributed by atoms with Gasteiger partial charge in [0.2, 0.25) is 5.91 Å². The monoisotopic (exact) mass is 373 g/mol. The molecule has 0 saturated carbocycles. The summed E-state index contributed by atoms with van der Waals surface area (Å²) in [6, 6.07) is 6.90. The van der Waals surface area contributed by atoms with Crippen LogP contribution in [0.5, 0.6) is 0 Å². The Balaban J connectivity index is 1.97. The predicted octanol–water partition coefficient (Wildman–Crippen LogP) is 3.77. The number of nitrogens with one attached hydrogen (secondary N) is 2. The van der Waals surface area contributed by atoms with Crippen LogP contribution in [0.1, 0.15) is 24.1 Å². The fraction of sp³-hybridized carbons (Fsp3) is 0.375. The summed E-state index contributed by atoms with van der Waals surface area (Å²) in [6.45, 7) is 2.65. The Morgan fingerprint density at radius 2 is 2.00 bits per heavy atom. The van der Waals surface area contributed by atoms with E-state index in [4.69, 9.17) is 4.74 Å². The van der Waals surface area contributed by atoms with Crippen LogP contribution in [0.15, 0.2) is 29.6 Å². The van der Waals surface area contributed by atoms with E-state index in [1.807, 2.05) is 0 Å². The van der Waals surface area contributed by atoms with Gasteiger partial charge in [0.25, 0.3) is 0 Å². The zero-order valence-electron chi connectivity index (χ0n) is 13.7. The maximum atomic E-state index is 12.5. The predicted molar refractivity (Wildman–Crippen MR) is 90.1 cm³/mol. The van der Waals surface area contributed by atoms with Crippen molar-refractivity contribution in [3.8, 4) is 0 Å². The van der Waals surface area contributed by atoms with Crippen molar-refractivity contribution in [1.29, 1.82) is 0 Å². The van der Waals surface area contributed by atoms with E-state index < -0.39 is 11.9 Å². The van der Waals surface area contributed by atoms with Crippen LogP contribution in [0.3, 0.4) is 0 Å². The number of carbonyl (C=O) groups excluding carboxylic acids is 1. The number of thiazole rings is 1. The highest BCUT2D eigenvalue weighted by Crippen LogP contribution is 2.32. The Morgan fingerprint density at radius 1 is 1.32 bits per heavy atom. The maximum absolute atomic E-state index is 12.5. The number of halogens is 3. The smallest absolute Gasteiger partial charge is 0.383 e. The first-order chi connectivity index (χ1) is 11.8. The summed E-state index contributed by atoms with van der Waals surface area (Å²) < 4.78 is 42.5. The Kier molecular flexibility index (Phi) is 6.38. The van der Waals surface area contributed by atoms with Crippen LogP contribution in [-0.2, 0) is 15.7 Å². The average Bonchev–Trinajstić information content (AvgIpc) is 3.04. The molecule has 0 spiro atoms. The van der Waals surface area contributed by atoms with Gasteiger partial charge >= 0.3 is 6.18 Å². The second-order valence-corrected chi connectivity index (χ2v) is 6.15. The highest BCUT2D eigenvalue weighted by Gasteiger charge is 2.33. The fourth-order valence-corrected chi connectivity index (χ4v) is 2.76. The highest BCUT2D eigenvalue weighted by atomic mass is 32.1. The van der Waals surface area contributed by atoms with Crippen LogP contribution >= 0.6 is 11.3 Å². The normalized spacial score (nSPS) is 12.7. The summed E-state index contributed by atoms with van der Waals surface area (Å²) in [7, 11) is 1.56. The van der Waals surface area contributed by atoms with Gasteiger partial charge in [0.1, 0.15) is 0 Å². The minimum absolute atomic E-state index is 0.118. The number of benzene rings is 1. The van der Waals surface area contributed by atoms with Crippen LogP contribution in [0.2, 0.25) is 0 Å². The van der Waals surface area contributed by atoms with Gasteiger partial charge in [-0.25, -0.2) is 4.98 Å². The van der Waals surface area contributed by atoms with E-state index in [1.165, 1.54) is 0 Å². The van der Waals surface area contributed by atoms with Gasteiger partial charge in [-0.2, -0.15) is 13.2 Å². The number of carbonyl (C=O) groups is 1. The fourth-order valence-electron chi connectivity index (χ4n) is 2.02. The molecule has 25 heavy (non-hydrogen) atoms. The molecule has 0 aliphatic carbocycles. The molecule has 2 aromatic rings. The van der Waals surface area contributed by atoms with Crippen molar-refractivity contribution in [3.63, 3.8) is 0 Å². The van der Waals surface area contributed by atoms with E-state index in [9.17, 15) is 18.0 Å². The number of ether oxygens (including phenoxy) is 1. The van der Waals surface area contributed by atoms with Crippen LogP contribution in [-0.4, -0.2) is 31.2 Å². The van der Waals surface area contributed by atoms with E-state index in [0.717, 1.165) is 22.3 Å². The lowest BCUT2D eigenvalue weighted by atomic mass is 10.00. The van der Waals surface area contributed by atoms with Gasteiger partial charge in [-0.05, 0) is 24.6 Å². The van der Waals surface area contributed by atoms with E-state index in [1.54, 1.807) is 38.3 Å². The second-order valence-electron chi connectivity index (χ2n) is 5.29. The molecule has 2 N–H and O–H groups in total. The summed E-state index contributed by atoms with van der Waals surface area (Å²) in [5.74, 6) is -0.463. The molecule has 9 heteroatoms. The Hall–Kier alpha value is -2.13.